The van der Waals surface area contributed by atoms with Crippen molar-refractivity contribution >= 4 is 0 Å². The zero-order chi connectivity index (χ0) is 14.8. The van der Waals surface area contributed by atoms with Crippen LogP contribution in [0.15, 0.2) is 30.7 Å². The molecule has 2 heterocycles. The van der Waals surface area contributed by atoms with Gasteiger partial charge in [0.05, 0.1) is 18.8 Å². The van der Waals surface area contributed by atoms with E-state index < -0.39 is 0 Å². The third kappa shape index (κ3) is 6.01. The Bertz CT molecular complexity index is 500. The lowest BCUT2D eigenvalue weighted by Crippen LogP contribution is -2.12. The lowest BCUT2D eigenvalue weighted by atomic mass is 10.1. The third-order valence-electron chi connectivity index (χ3n) is 3.11. The molecule has 0 aromatic carbocycles. The predicted molar refractivity (Wildman–Crippen MR) is 80.8 cm³/mol. The molecule has 0 saturated heterocycles. The highest BCUT2D eigenvalue weighted by molar-refractivity contribution is 5.09. The smallest absolute Gasteiger partial charge is 0.0964 e. The molecular weight excluding hydrogens is 266 g/mol. The van der Waals surface area contributed by atoms with Crippen LogP contribution in [0.2, 0.25) is 0 Å². The van der Waals surface area contributed by atoms with Crippen molar-refractivity contribution < 1.29 is 4.74 Å². The minimum atomic E-state index is 0.667. The second kappa shape index (κ2) is 9.20. The van der Waals surface area contributed by atoms with E-state index in [2.05, 4.69) is 27.5 Å². The standard InChI is InChI=1S/C15H23N5O/c1-2-16-12-15-13-20(19-18-15)9-11-21-10-3-4-14-5-7-17-8-6-14/h5-8,13,16H,2-4,9-12H2,1H3. The molecule has 0 aliphatic heterocycles. The molecule has 0 radical (unpaired) electrons. The Morgan fingerprint density at radius 3 is 2.90 bits per heavy atom. The molecule has 0 saturated carbocycles. The van der Waals surface area contributed by atoms with Crippen LogP contribution < -0.4 is 5.32 Å². The summed E-state index contributed by atoms with van der Waals surface area (Å²) in [6, 6.07) is 4.09. The van der Waals surface area contributed by atoms with E-state index in [1.807, 2.05) is 35.4 Å². The number of pyridine rings is 1. The minimum Gasteiger partial charge on any atom is -0.380 e. The van der Waals surface area contributed by atoms with E-state index in [-0.39, 0.29) is 0 Å². The molecule has 114 valence electrons. The van der Waals surface area contributed by atoms with Gasteiger partial charge in [-0.1, -0.05) is 12.1 Å². The van der Waals surface area contributed by atoms with Crippen molar-refractivity contribution in [3.8, 4) is 0 Å². The number of hydrogen-bond donors (Lipinski definition) is 1. The molecule has 0 fully saturated rings. The maximum absolute atomic E-state index is 5.63. The van der Waals surface area contributed by atoms with Crippen molar-refractivity contribution in [2.45, 2.75) is 32.9 Å². The molecule has 0 aliphatic rings. The Morgan fingerprint density at radius 1 is 1.24 bits per heavy atom. The molecular formula is C15H23N5O. The first-order valence-electron chi connectivity index (χ1n) is 7.45. The zero-order valence-corrected chi connectivity index (χ0v) is 12.5. The number of nitrogens with zero attached hydrogens (tertiary/aromatic N) is 4. The molecule has 0 aliphatic carbocycles. The van der Waals surface area contributed by atoms with Crippen molar-refractivity contribution in [2.75, 3.05) is 19.8 Å². The lowest BCUT2D eigenvalue weighted by molar-refractivity contribution is 0.121. The number of ether oxygens (including phenoxy) is 1. The summed E-state index contributed by atoms with van der Waals surface area (Å²) >= 11 is 0. The number of aryl methyl sites for hydroxylation is 1. The Hall–Kier alpha value is -1.79. The maximum atomic E-state index is 5.63. The molecule has 0 unspecified atom stereocenters. The van der Waals surface area contributed by atoms with Crippen LogP contribution in [0.5, 0.6) is 0 Å². The molecule has 1 N–H and O–H groups in total. The van der Waals surface area contributed by atoms with Gasteiger partial charge in [-0.15, -0.1) is 5.10 Å². The summed E-state index contributed by atoms with van der Waals surface area (Å²) in [5.74, 6) is 0. The summed E-state index contributed by atoms with van der Waals surface area (Å²) in [6.45, 7) is 5.96. The molecule has 0 bridgehead atoms. The van der Waals surface area contributed by atoms with E-state index in [4.69, 9.17) is 4.74 Å². The molecule has 0 amide bonds. The SMILES string of the molecule is CCNCc1cn(CCOCCCc2ccncc2)nn1. The largest absolute Gasteiger partial charge is 0.380 e. The van der Waals surface area contributed by atoms with E-state index in [0.717, 1.165) is 44.8 Å². The van der Waals surface area contributed by atoms with Gasteiger partial charge in [-0.05, 0) is 37.1 Å². The van der Waals surface area contributed by atoms with Crippen molar-refractivity contribution in [2.24, 2.45) is 0 Å². The molecule has 0 spiro atoms. The van der Waals surface area contributed by atoms with Gasteiger partial charge in [0.15, 0.2) is 0 Å². The van der Waals surface area contributed by atoms with Crippen molar-refractivity contribution in [1.82, 2.24) is 25.3 Å². The monoisotopic (exact) mass is 289 g/mol. The Labute approximate surface area is 125 Å². The average molecular weight is 289 g/mol. The first-order valence-corrected chi connectivity index (χ1v) is 7.45. The van der Waals surface area contributed by atoms with Gasteiger partial charge >= 0.3 is 0 Å². The third-order valence-corrected chi connectivity index (χ3v) is 3.11. The van der Waals surface area contributed by atoms with Crippen LogP contribution in [-0.2, 0) is 24.2 Å². The van der Waals surface area contributed by atoms with Gasteiger partial charge in [0.25, 0.3) is 0 Å². The first-order chi connectivity index (χ1) is 10.4. The van der Waals surface area contributed by atoms with Gasteiger partial charge in [0, 0.05) is 31.7 Å². The highest BCUT2D eigenvalue weighted by atomic mass is 16.5. The van der Waals surface area contributed by atoms with E-state index in [9.17, 15) is 0 Å². The van der Waals surface area contributed by atoms with E-state index in [0.29, 0.717) is 6.61 Å². The number of nitrogens with one attached hydrogen (secondary N) is 1. The molecule has 0 atom stereocenters. The fraction of sp³-hybridized carbons (Fsp3) is 0.533. The first kappa shape index (κ1) is 15.6. The van der Waals surface area contributed by atoms with Crippen LogP contribution in [0, 0.1) is 0 Å². The maximum Gasteiger partial charge on any atom is 0.0964 e. The second-order valence-corrected chi connectivity index (χ2v) is 4.82. The van der Waals surface area contributed by atoms with Crippen molar-refractivity contribution in [3.05, 3.63) is 42.0 Å². The van der Waals surface area contributed by atoms with Crippen molar-refractivity contribution in [3.63, 3.8) is 0 Å². The van der Waals surface area contributed by atoms with Gasteiger partial charge in [-0.3, -0.25) is 4.98 Å². The fourth-order valence-electron chi connectivity index (χ4n) is 1.97. The number of rotatable bonds is 10. The van der Waals surface area contributed by atoms with E-state index in [1.54, 1.807) is 0 Å². The summed E-state index contributed by atoms with van der Waals surface area (Å²) in [4.78, 5) is 4.01. The molecule has 2 aromatic heterocycles. The summed E-state index contributed by atoms with van der Waals surface area (Å²) in [5.41, 5.74) is 2.27. The molecule has 21 heavy (non-hydrogen) atoms. The van der Waals surface area contributed by atoms with Gasteiger partial charge in [0.2, 0.25) is 0 Å². The molecule has 2 rings (SSSR count). The topological polar surface area (TPSA) is 64.9 Å². The summed E-state index contributed by atoms with van der Waals surface area (Å²) in [6.07, 6.45) is 7.66. The van der Waals surface area contributed by atoms with Crippen LogP contribution in [0.25, 0.3) is 0 Å². The van der Waals surface area contributed by atoms with Gasteiger partial charge < -0.3 is 10.1 Å². The van der Waals surface area contributed by atoms with Gasteiger partial charge in [0.1, 0.15) is 0 Å². The van der Waals surface area contributed by atoms with Crippen LogP contribution in [0.3, 0.4) is 0 Å². The summed E-state index contributed by atoms with van der Waals surface area (Å²) in [5, 5.41) is 11.4. The Balaban J connectivity index is 1.54. The fourth-order valence-corrected chi connectivity index (χ4v) is 1.97. The average Bonchev–Trinajstić information content (AvgIpc) is 2.97. The van der Waals surface area contributed by atoms with Gasteiger partial charge in [-0.25, -0.2) is 4.68 Å². The second-order valence-electron chi connectivity index (χ2n) is 4.82. The van der Waals surface area contributed by atoms with E-state index >= 15 is 0 Å². The normalized spacial score (nSPS) is 10.9. The highest BCUT2D eigenvalue weighted by Crippen LogP contribution is 2.01. The van der Waals surface area contributed by atoms with Crippen LogP contribution in [-0.4, -0.2) is 39.7 Å². The predicted octanol–water partition coefficient (Wildman–Crippen LogP) is 1.43. The van der Waals surface area contributed by atoms with E-state index in [1.165, 1.54) is 5.56 Å². The summed E-state index contributed by atoms with van der Waals surface area (Å²) < 4.78 is 7.46. The Kier molecular flexibility index (Phi) is 6.83. The Morgan fingerprint density at radius 2 is 2.10 bits per heavy atom. The van der Waals surface area contributed by atoms with Crippen LogP contribution in [0.1, 0.15) is 24.6 Å². The lowest BCUT2D eigenvalue weighted by Gasteiger charge is -2.04. The van der Waals surface area contributed by atoms with Gasteiger partial charge in [-0.2, -0.15) is 0 Å². The number of aromatic nitrogens is 4. The highest BCUT2D eigenvalue weighted by Gasteiger charge is 2.00. The molecule has 6 heteroatoms. The molecule has 6 nitrogen and oxygen atoms in total. The van der Waals surface area contributed by atoms with Crippen LogP contribution in [0.4, 0.5) is 0 Å². The zero-order valence-electron chi connectivity index (χ0n) is 12.5. The number of hydrogen-bond acceptors (Lipinski definition) is 5. The quantitative estimate of drug-likeness (QED) is 0.670. The summed E-state index contributed by atoms with van der Waals surface area (Å²) in [7, 11) is 0. The minimum absolute atomic E-state index is 0.667. The molecule has 2 aromatic rings. The van der Waals surface area contributed by atoms with Crippen molar-refractivity contribution in [1.29, 1.82) is 0 Å². The van der Waals surface area contributed by atoms with Crippen LogP contribution >= 0.6 is 0 Å².